The van der Waals surface area contributed by atoms with E-state index >= 15 is 0 Å². The van der Waals surface area contributed by atoms with E-state index in [-0.39, 0.29) is 17.9 Å². The Balaban J connectivity index is 1.80. The molecule has 23 heavy (non-hydrogen) atoms. The number of rotatable bonds is 4. The van der Waals surface area contributed by atoms with Crippen molar-refractivity contribution in [3.8, 4) is 11.6 Å². The van der Waals surface area contributed by atoms with Gasteiger partial charge in [0.2, 0.25) is 6.29 Å². The van der Waals surface area contributed by atoms with Crippen LogP contribution in [0.25, 0.3) is 11.6 Å². The number of nitrogens with zero attached hydrogens (tertiary/aromatic N) is 3. The fourth-order valence-electron chi connectivity index (χ4n) is 2.98. The maximum atomic E-state index is 12.0. The number of aromatic nitrogens is 3. The number of ketones is 1. The molecule has 0 N–H and O–H groups in total. The first-order valence-electron chi connectivity index (χ1n) is 7.33. The first kappa shape index (κ1) is 14.6. The minimum atomic E-state index is -0.731. The fraction of sp³-hybridized carbons (Fsp3) is 0.400. The van der Waals surface area contributed by atoms with Crippen molar-refractivity contribution >= 4 is 18.0 Å². The Kier molecular flexibility index (Phi) is 3.51. The minimum absolute atomic E-state index is 0.0801. The Morgan fingerprint density at radius 1 is 1.52 bits per heavy atom. The number of carbonyl (C=O) groups excluding carboxylic acids is 1. The number of Topliss-reactive ketones (excluding diaryl/α,β-unsaturated/α-hetero) is 1. The highest BCUT2D eigenvalue weighted by molar-refractivity contribution is 7.71. The molecule has 2 aliphatic rings. The van der Waals surface area contributed by atoms with E-state index in [4.69, 9.17) is 26.1 Å². The summed E-state index contributed by atoms with van der Waals surface area (Å²) in [5.74, 6) is 1.14. The first-order valence-corrected chi connectivity index (χ1v) is 7.73. The molecule has 0 radical (unpaired) electrons. The molecule has 8 heteroatoms. The summed E-state index contributed by atoms with van der Waals surface area (Å²) in [6.07, 6.45) is 2.67. The summed E-state index contributed by atoms with van der Waals surface area (Å²) in [4.78, 5) is 12.0. The molecule has 0 saturated carbocycles. The summed E-state index contributed by atoms with van der Waals surface area (Å²) in [5.41, 5.74) is 0. The maximum absolute atomic E-state index is 12.0. The standard InChI is InChI=1S/C15H15N3O4S/c1-2-5-17-13(11-4-3-6-20-11)16-18(15(17)23)9-7-10(19)14-21-8-12(9)22-14/h2-4,6,9,12,14H,1,5,7-8H2. The number of allylic oxidation sites excluding steroid dienone is 1. The molecule has 120 valence electrons. The molecule has 0 aliphatic carbocycles. The van der Waals surface area contributed by atoms with Crippen LogP contribution in [0.15, 0.2) is 35.5 Å². The van der Waals surface area contributed by atoms with E-state index in [1.165, 1.54) is 0 Å². The van der Waals surface area contributed by atoms with E-state index in [2.05, 4.69) is 11.7 Å². The third-order valence-electron chi connectivity index (χ3n) is 4.07. The number of carbonyl (C=O) groups is 1. The lowest BCUT2D eigenvalue weighted by Crippen LogP contribution is -2.37. The monoisotopic (exact) mass is 333 g/mol. The van der Waals surface area contributed by atoms with Gasteiger partial charge in [0, 0.05) is 13.0 Å². The van der Waals surface area contributed by atoms with Gasteiger partial charge in [0.05, 0.1) is 18.9 Å². The molecular formula is C15H15N3O4S. The van der Waals surface area contributed by atoms with Gasteiger partial charge in [0.25, 0.3) is 0 Å². The molecule has 2 aromatic rings. The van der Waals surface area contributed by atoms with Gasteiger partial charge < -0.3 is 13.9 Å². The highest BCUT2D eigenvalue weighted by Gasteiger charge is 2.45. The Bertz CT molecular complexity index is 807. The first-order chi connectivity index (χ1) is 11.2. The molecule has 2 aromatic heterocycles. The smallest absolute Gasteiger partial charge is 0.218 e. The lowest BCUT2D eigenvalue weighted by Gasteiger charge is -2.26. The van der Waals surface area contributed by atoms with Crippen molar-refractivity contribution in [2.75, 3.05) is 6.61 Å². The number of hydrogen-bond acceptors (Lipinski definition) is 6. The van der Waals surface area contributed by atoms with Crippen LogP contribution >= 0.6 is 12.2 Å². The average Bonchev–Trinajstić information content (AvgIpc) is 3.25. The zero-order chi connectivity index (χ0) is 16.0. The van der Waals surface area contributed by atoms with Gasteiger partial charge in [-0.25, -0.2) is 4.68 Å². The maximum Gasteiger partial charge on any atom is 0.218 e. The van der Waals surface area contributed by atoms with Crippen LogP contribution in [0.3, 0.4) is 0 Å². The SMILES string of the molecule is C=CCn1c(-c2ccco2)nn(C2CC(=O)C3OCC2O3)c1=S. The van der Waals surface area contributed by atoms with Gasteiger partial charge in [-0.15, -0.1) is 11.7 Å². The van der Waals surface area contributed by atoms with Gasteiger partial charge >= 0.3 is 0 Å². The predicted molar refractivity (Wildman–Crippen MR) is 82.2 cm³/mol. The summed E-state index contributed by atoms with van der Waals surface area (Å²) in [6.45, 7) is 4.63. The molecule has 4 rings (SSSR count). The molecule has 2 saturated heterocycles. The van der Waals surface area contributed by atoms with Crippen molar-refractivity contribution in [1.82, 2.24) is 14.3 Å². The molecule has 3 unspecified atom stereocenters. The van der Waals surface area contributed by atoms with Gasteiger partial charge in [-0.2, -0.15) is 0 Å². The second-order valence-electron chi connectivity index (χ2n) is 5.50. The normalized spacial score (nSPS) is 26.6. The van der Waals surface area contributed by atoms with E-state index in [0.29, 0.717) is 35.9 Å². The Morgan fingerprint density at radius 3 is 3.13 bits per heavy atom. The summed E-state index contributed by atoms with van der Waals surface area (Å²) in [6, 6.07) is 3.34. The molecule has 7 nitrogen and oxygen atoms in total. The lowest BCUT2D eigenvalue weighted by atomic mass is 10.0. The van der Waals surface area contributed by atoms with Crippen molar-refractivity contribution in [3.05, 3.63) is 35.8 Å². The fourth-order valence-corrected chi connectivity index (χ4v) is 3.32. The van der Waals surface area contributed by atoms with Crippen LogP contribution in [-0.4, -0.2) is 39.1 Å². The zero-order valence-corrected chi connectivity index (χ0v) is 13.1. The molecular weight excluding hydrogens is 318 g/mol. The molecule has 4 heterocycles. The van der Waals surface area contributed by atoms with Crippen LogP contribution in [0.5, 0.6) is 0 Å². The van der Waals surface area contributed by atoms with Crippen LogP contribution in [0.4, 0.5) is 0 Å². The lowest BCUT2D eigenvalue weighted by molar-refractivity contribution is -0.156. The average molecular weight is 333 g/mol. The van der Waals surface area contributed by atoms with Crippen molar-refractivity contribution in [3.63, 3.8) is 0 Å². The molecule has 2 bridgehead atoms. The van der Waals surface area contributed by atoms with Crippen LogP contribution in [-0.2, 0) is 20.8 Å². The van der Waals surface area contributed by atoms with E-state index in [9.17, 15) is 4.79 Å². The van der Waals surface area contributed by atoms with Crippen LogP contribution < -0.4 is 0 Å². The van der Waals surface area contributed by atoms with Crippen molar-refractivity contribution in [2.24, 2.45) is 0 Å². The van der Waals surface area contributed by atoms with Crippen molar-refractivity contribution < 1.29 is 18.7 Å². The molecule has 2 fully saturated rings. The zero-order valence-electron chi connectivity index (χ0n) is 12.3. The largest absolute Gasteiger partial charge is 0.461 e. The Morgan fingerprint density at radius 2 is 2.39 bits per heavy atom. The van der Waals surface area contributed by atoms with Gasteiger partial charge in [-0.05, 0) is 24.4 Å². The van der Waals surface area contributed by atoms with E-state index in [1.807, 2.05) is 10.6 Å². The molecule has 0 aromatic carbocycles. The Labute approximate surface area is 137 Å². The third-order valence-corrected chi connectivity index (χ3v) is 4.47. The summed E-state index contributed by atoms with van der Waals surface area (Å²) < 4.78 is 20.4. The number of fused-ring (bicyclic) bond motifs is 2. The Hall–Kier alpha value is -2.03. The second kappa shape index (κ2) is 5.55. The topological polar surface area (TPSA) is 71.4 Å². The summed E-state index contributed by atoms with van der Waals surface area (Å²) >= 11 is 5.55. The number of hydrogen-bond donors (Lipinski definition) is 0. The summed E-state index contributed by atoms with van der Waals surface area (Å²) in [7, 11) is 0. The minimum Gasteiger partial charge on any atom is -0.461 e. The number of furan rings is 1. The predicted octanol–water partition coefficient (Wildman–Crippen LogP) is 2.12. The quantitative estimate of drug-likeness (QED) is 0.630. The second-order valence-corrected chi connectivity index (χ2v) is 5.87. The van der Waals surface area contributed by atoms with E-state index in [0.717, 1.165) is 0 Å². The molecule has 0 spiro atoms. The van der Waals surface area contributed by atoms with Gasteiger partial charge in [-0.1, -0.05) is 6.08 Å². The highest BCUT2D eigenvalue weighted by Crippen LogP contribution is 2.33. The van der Waals surface area contributed by atoms with Crippen molar-refractivity contribution in [2.45, 2.75) is 31.4 Å². The highest BCUT2D eigenvalue weighted by atomic mass is 32.1. The van der Waals surface area contributed by atoms with E-state index < -0.39 is 6.29 Å². The van der Waals surface area contributed by atoms with Gasteiger partial charge in [0.1, 0.15) is 6.10 Å². The third kappa shape index (κ3) is 2.30. The molecule has 0 amide bonds. The van der Waals surface area contributed by atoms with Crippen LogP contribution in [0.1, 0.15) is 12.5 Å². The van der Waals surface area contributed by atoms with Gasteiger partial charge in [-0.3, -0.25) is 9.36 Å². The molecule has 2 aliphatic heterocycles. The number of ether oxygens (including phenoxy) is 2. The van der Waals surface area contributed by atoms with E-state index in [1.54, 1.807) is 23.1 Å². The molecule has 3 atom stereocenters. The van der Waals surface area contributed by atoms with Crippen LogP contribution in [0.2, 0.25) is 0 Å². The van der Waals surface area contributed by atoms with Crippen molar-refractivity contribution in [1.29, 1.82) is 0 Å². The van der Waals surface area contributed by atoms with Gasteiger partial charge in [0.15, 0.2) is 22.1 Å². The van der Waals surface area contributed by atoms with Crippen LogP contribution in [0, 0.1) is 4.77 Å². The summed E-state index contributed by atoms with van der Waals surface area (Å²) in [5, 5.41) is 4.59.